The van der Waals surface area contributed by atoms with Crippen LogP contribution in [0.2, 0.25) is 5.02 Å². The number of rotatable bonds is 2. The molecule has 2 aromatic carbocycles. The summed E-state index contributed by atoms with van der Waals surface area (Å²) in [6.45, 7) is 0.130. The maximum atomic E-state index is 13.3. The molecule has 0 saturated heterocycles. The highest BCUT2D eigenvalue weighted by molar-refractivity contribution is 6.31. The zero-order chi connectivity index (χ0) is 15.1. The van der Waals surface area contributed by atoms with Crippen molar-refractivity contribution in [2.45, 2.75) is 0 Å². The van der Waals surface area contributed by atoms with E-state index in [1.165, 1.54) is 12.1 Å². The topological polar surface area (TPSA) is 41.1 Å². The van der Waals surface area contributed by atoms with Crippen LogP contribution in [0.4, 0.5) is 14.9 Å². The molecule has 0 fully saturated rings. The average molecular weight is 303 g/mol. The number of nitrogens with one attached hydrogen (secondary N) is 2. The first-order chi connectivity index (χ1) is 10.2. The molecule has 106 valence electrons. The van der Waals surface area contributed by atoms with Crippen LogP contribution < -0.4 is 10.6 Å². The molecule has 0 bridgehead atoms. The molecule has 2 amide bonds. The summed E-state index contributed by atoms with van der Waals surface area (Å²) in [7, 11) is 0. The van der Waals surface area contributed by atoms with Crippen molar-refractivity contribution in [1.82, 2.24) is 5.32 Å². The summed E-state index contributed by atoms with van der Waals surface area (Å²) in [6.07, 6.45) is 0. The lowest BCUT2D eigenvalue weighted by atomic mass is 10.2. The minimum absolute atomic E-state index is 0.120. The molecule has 0 unspecified atom stereocenters. The van der Waals surface area contributed by atoms with Gasteiger partial charge in [0.15, 0.2) is 0 Å². The normalized spacial score (nSPS) is 9.43. The minimum Gasteiger partial charge on any atom is -0.327 e. The lowest BCUT2D eigenvalue weighted by Gasteiger charge is -2.05. The third-order valence-corrected chi connectivity index (χ3v) is 2.89. The van der Waals surface area contributed by atoms with E-state index in [4.69, 9.17) is 11.6 Å². The zero-order valence-corrected chi connectivity index (χ0v) is 11.7. The van der Waals surface area contributed by atoms with Gasteiger partial charge in [-0.3, -0.25) is 0 Å². The number of anilines is 1. The highest BCUT2D eigenvalue weighted by Gasteiger charge is 2.04. The van der Waals surface area contributed by atoms with Crippen LogP contribution in [0.1, 0.15) is 5.56 Å². The number of hydrogen-bond acceptors (Lipinski definition) is 1. The molecule has 0 aromatic heterocycles. The monoisotopic (exact) mass is 302 g/mol. The van der Waals surface area contributed by atoms with Gasteiger partial charge in [0.2, 0.25) is 0 Å². The van der Waals surface area contributed by atoms with Crippen molar-refractivity contribution in [3.05, 3.63) is 64.9 Å². The van der Waals surface area contributed by atoms with Crippen LogP contribution in [0, 0.1) is 17.7 Å². The summed E-state index contributed by atoms with van der Waals surface area (Å²) in [6, 6.07) is 12.6. The average Bonchev–Trinajstić information content (AvgIpc) is 2.48. The number of hydrogen-bond donors (Lipinski definition) is 2. The third kappa shape index (κ3) is 4.51. The highest BCUT2D eigenvalue weighted by atomic mass is 35.5. The van der Waals surface area contributed by atoms with E-state index < -0.39 is 11.8 Å². The maximum Gasteiger partial charge on any atom is 0.320 e. The molecule has 0 heterocycles. The van der Waals surface area contributed by atoms with Crippen LogP contribution in [-0.4, -0.2) is 12.6 Å². The minimum atomic E-state index is -0.520. The Morgan fingerprint density at radius 3 is 2.62 bits per heavy atom. The highest BCUT2D eigenvalue weighted by Crippen LogP contribution is 2.13. The second kappa shape index (κ2) is 7.32. The van der Waals surface area contributed by atoms with Gasteiger partial charge in [0, 0.05) is 5.56 Å². The Hall–Kier alpha value is -2.51. The largest absolute Gasteiger partial charge is 0.327 e. The third-order valence-electron chi connectivity index (χ3n) is 2.56. The van der Waals surface area contributed by atoms with Gasteiger partial charge >= 0.3 is 6.03 Å². The molecule has 0 radical (unpaired) electrons. The van der Waals surface area contributed by atoms with Crippen LogP contribution in [0.5, 0.6) is 0 Å². The number of carbonyl (C=O) groups excluding carboxylic acids is 1. The number of carbonyl (C=O) groups is 1. The molecule has 0 aliphatic heterocycles. The van der Waals surface area contributed by atoms with Gasteiger partial charge in [-0.1, -0.05) is 47.7 Å². The van der Waals surface area contributed by atoms with Crippen molar-refractivity contribution in [1.29, 1.82) is 0 Å². The first kappa shape index (κ1) is 14.9. The van der Waals surface area contributed by atoms with E-state index in [0.29, 0.717) is 10.6 Å². The standard InChI is InChI=1S/C16H12ClFN2O/c17-13-8-2-1-6-12(13)7-5-11-19-16(21)20-15-10-4-3-9-14(15)18/h1-4,6,8-10H,11H2,(H2,19,20,21). The van der Waals surface area contributed by atoms with E-state index in [0.717, 1.165) is 0 Å². The van der Waals surface area contributed by atoms with E-state index in [1.54, 1.807) is 24.3 Å². The Kier molecular flexibility index (Phi) is 5.19. The van der Waals surface area contributed by atoms with Gasteiger partial charge in [0.1, 0.15) is 5.82 Å². The van der Waals surface area contributed by atoms with Gasteiger partial charge in [-0.05, 0) is 24.3 Å². The smallest absolute Gasteiger partial charge is 0.320 e. The van der Waals surface area contributed by atoms with Crippen molar-refractivity contribution in [3.8, 4) is 11.8 Å². The fraction of sp³-hybridized carbons (Fsp3) is 0.0625. The molecule has 2 aromatic rings. The fourth-order valence-electron chi connectivity index (χ4n) is 1.56. The van der Waals surface area contributed by atoms with Crippen molar-refractivity contribution in [2.24, 2.45) is 0 Å². The van der Waals surface area contributed by atoms with Crippen LogP contribution in [-0.2, 0) is 0 Å². The molecule has 3 nitrogen and oxygen atoms in total. The summed E-state index contributed by atoms with van der Waals surface area (Å²) in [5.74, 6) is 5.13. The van der Waals surface area contributed by atoms with Gasteiger partial charge in [-0.15, -0.1) is 0 Å². The van der Waals surface area contributed by atoms with Gasteiger partial charge < -0.3 is 10.6 Å². The second-order valence-electron chi connectivity index (χ2n) is 4.07. The number of urea groups is 1. The fourth-order valence-corrected chi connectivity index (χ4v) is 1.74. The van der Waals surface area contributed by atoms with Gasteiger partial charge in [0.25, 0.3) is 0 Å². The number of benzene rings is 2. The maximum absolute atomic E-state index is 13.3. The Morgan fingerprint density at radius 2 is 1.86 bits per heavy atom. The Morgan fingerprint density at radius 1 is 1.14 bits per heavy atom. The Labute approximate surface area is 127 Å². The van der Waals surface area contributed by atoms with Crippen molar-refractivity contribution >= 4 is 23.3 Å². The summed E-state index contributed by atoms with van der Waals surface area (Å²) in [5.41, 5.74) is 0.810. The second-order valence-corrected chi connectivity index (χ2v) is 4.48. The van der Waals surface area contributed by atoms with E-state index in [-0.39, 0.29) is 12.2 Å². The lowest BCUT2D eigenvalue weighted by Crippen LogP contribution is -2.29. The van der Waals surface area contributed by atoms with Crippen molar-refractivity contribution < 1.29 is 9.18 Å². The first-order valence-corrected chi connectivity index (χ1v) is 6.57. The summed E-state index contributed by atoms with van der Waals surface area (Å²) >= 11 is 5.95. The predicted octanol–water partition coefficient (Wildman–Crippen LogP) is 3.65. The van der Waals surface area contributed by atoms with Crippen molar-refractivity contribution in [3.63, 3.8) is 0 Å². The number of halogens is 2. The quantitative estimate of drug-likeness (QED) is 0.817. The van der Waals surface area contributed by atoms with E-state index in [1.807, 2.05) is 12.1 Å². The number of amides is 2. The van der Waals surface area contributed by atoms with E-state index in [9.17, 15) is 9.18 Å². The Balaban J connectivity index is 1.86. The molecular weight excluding hydrogens is 291 g/mol. The summed E-state index contributed by atoms with van der Waals surface area (Å²) in [5, 5.41) is 5.47. The molecule has 2 rings (SSSR count). The van der Waals surface area contributed by atoms with Crippen LogP contribution >= 0.6 is 11.6 Å². The predicted molar refractivity (Wildman–Crippen MR) is 81.8 cm³/mol. The SMILES string of the molecule is O=C(NCC#Cc1ccccc1Cl)Nc1ccccc1F. The molecule has 0 aliphatic rings. The van der Waals surface area contributed by atoms with Crippen LogP contribution in [0.25, 0.3) is 0 Å². The van der Waals surface area contributed by atoms with E-state index >= 15 is 0 Å². The molecule has 21 heavy (non-hydrogen) atoms. The molecule has 0 aliphatic carbocycles. The van der Waals surface area contributed by atoms with Crippen LogP contribution in [0.3, 0.4) is 0 Å². The van der Waals surface area contributed by atoms with Gasteiger partial charge in [-0.25, -0.2) is 9.18 Å². The summed E-state index contributed by atoms with van der Waals surface area (Å²) in [4.78, 5) is 11.6. The molecule has 0 atom stereocenters. The Bertz CT molecular complexity index is 707. The lowest BCUT2D eigenvalue weighted by molar-refractivity contribution is 0.253. The first-order valence-electron chi connectivity index (χ1n) is 6.19. The molecule has 0 saturated carbocycles. The molecule has 5 heteroatoms. The van der Waals surface area contributed by atoms with Gasteiger partial charge in [-0.2, -0.15) is 0 Å². The zero-order valence-electron chi connectivity index (χ0n) is 11.0. The van der Waals surface area contributed by atoms with Crippen LogP contribution in [0.15, 0.2) is 48.5 Å². The summed E-state index contributed by atoms with van der Waals surface area (Å²) < 4.78 is 13.3. The van der Waals surface area contributed by atoms with Gasteiger partial charge in [0.05, 0.1) is 17.3 Å². The molecular formula is C16H12ClFN2O. The molecule has 0 spiro atoms. The van der Waals surface area contributed by atoms with Crippen molar-refractivity contribution in [2.75, 3.05) is 11.9 Å². The van der Waals surface area contributed by atoms with E-state index in [2.05, 4.69) is 22.5 Å². The number of para-hydroxylation sites is 1. The molecule has 2 N–H and O–H groups in total.